The van der Waals surface area contributed by atoms with Crippen LogP contribution < -0.4 is 25.3 Å². The van der Waals surface area contributed by atoms with E-state index in [0.29, 0.717) is 18.7 Å². The van der Waals surface area contributed by atoms with Gasteiger partial charge in [0.15, 0.2) is 4.96 Å². The van der Waals surface area contributed by atoms with E-state index in [1.165, 1.54) is 22.7 Å². The van der Waals surface area contributed by atoms with Crippen LogP contribution in [0.4, 0.5) is 5.69 Å². The van der Waals surface area contributed by atoms with Gasteiger partial charge >= 0.3 is 0 Å². The Morgan fingerprint density at radius 2 is 1.78 bits per heavy atom. The van der Waals surface area contributed by atoms with E-state index in [1.54, 1.807) is 34.9 Å². The van der Waals surface area contributed by atoms with Gasteiger partial charge in [0.25, 0.3) is 11.1 Å². The van der Waals surface area contributed by atoms with Crippen molar-refractivity contribution in [2.24, 2.45) is 7.05 Å². The van der Waals surface area contributed by atoms with Crippen LogP contribution in [0, 0.1) is 9.20 Å². The molecule has 0 saturated heterocycles. The number of hydrogen-bond donors (Lipinski definition) is 0. The fraction of sp³-hybridized carbons (Fsp3) is 0.136. The first-order valence-electron chi connectivity index (χ1n) is 9.72. The minimum absolute atomic E-state index is 0.116. The Labute approximate surface area is 193 Å². The molecule has 0 bridgehead atoms. The highest BCUT2D eigenvalue weighted by Crippen LogP contribution is 2.46. The minimum Gasteiger partial charge on any atom is -0.497 e. The summed E-state index contributed by atoms with van der Waals surface area (Å²) in [4.78, 5) is 34.8. The monoisotopic (exact) mass is 480 g/mol. The summed E-state index contributed by atoms with van der Waals surface area (Å²) in [5.41, 5.74) is 2.30. The number of benzene rings is 2. The largest absolute Gasteiger partial charge is 0.497 e. The van der Waals surface area contributed by atoms with E-state index in [9.17, 15) is 9.59 Å². The van der Waals surface area contributed by atoms with Crippen molar-refractivity contribution in [3.05, 3.63) is 76.9 Å². The van der Waals surface area contributed by atoms with Gasteiger partial charge in [-0.15, -0.1) is 11.3 Å². The van der Waals surface area contributed by atoms with Crippen LogP contribution in [0.2, 0.25) is 0 Å². The zero-order chi connectivity index (χ0) is 22.1. The fourth-order valence-electron chi connectivity index (χ4n) is 3.88. The van der Waals surface area contributed by atoms with Crippen molar-refractivity contribution in [1.82, 2.24) is 14.0 Å². The summed E-state index contributed by atoms with van der Waals surface area (Å²) in [7, 11) is 5.29. The number of nitrogens with zero attached hydrogens (tertiary/aromatic N) is 4. The molecule has 0 amide bonds. The van der Waals surface area contributed by atoms with E-state index >= 15 is 0 Å². The average Bonchev–Trinajstić information content (AvgIpc) is 3.50. The van der Waals surface area contributed by atoms with Crippen molar-refractivity contribution < 1.29 is 4.74 Å². The normalized spacial score (nSPS) is 16.3. The standard InChI is InChI=1S/C22H16N4O3S3/c1-24-14-10-11(29-3)8-9-15(14)30-20(24)16-18(27)25(2)21(31-16)17-19(28)26-13-7-5-4-6-12(13)23-22(26)32-17/h4-10H,1-3H3/b20-16+,21-17+. The molecule has 0 spiro atoms. The number of aromatic nitrogens is 3. The van der Waals surface area contributed by atoms with Gasteiger partial charge in [0.05, 0.1) is 23.8 Å². The number of rotatable bonds is 1. The third kappa shape index (κ3) is 2.63. The average molecular weight is 481 g/mol. The highest BCUT2D eigenvalue weighted by atomic mass is 32.2. The van der Waals surface area contributed by atoms with Crippen molar-refractivity contribution in [3.63, 3.8) is 0 Å². The Morgan fingerprint density at radius 3 is 2.59 bits per heavy atom. The predicted octanol–water partition coefficient (Wildman–Crippen LogP) is 2.99. The number of imidazole rings is 1. The van der Waals surface area contributed by atoms with Gasteiger partial charge in [0, 0.05) is 25.1 Å². The van der Waals surface area contributed by atoms with Gasteiger partial charge in [-0.1, -0.05) is 35.2 Å². The molecule has 4 heterocycles. The minimum atomic E-state index is -0.146. The molecule has 0 unspecified atom stereocenters. The molecule has 6 rings (SSSR count). The van der Waals surface area contributed by atoms with Gasteiger partial charge in [-0.25, -0.2) is 9.38 Å². The number of methoxy groups -OCH3 is 1. The first-order valence-corrected chi connectivity index (χ1v) is 12.2. The van der Waals surface area contributed by atoms with Gasteiger partial charge < -0.3 is 14.2 Å². The van der Waals surface area contributed by atoms with Gasteiger partial charge in [-0.2, -0.15) is 0 Å². The Balaban J connectivity index is 1.66. The second-order valence-electron chi connectivity index (χ2n) is 7.36. The highest BCUT2D eigenvalue weighted by molar-refractivity contribution is 8.08. The molecule has 1 aliphatic heterocycles. The van der Waals surface area contributed by atoms with Crippen molar-refractivity contribution in [2.45, 2.75) is 4.90 Å². The van der Waals surface area contributed by atoms with Crippen LogP contribution in [0.1, 0.15) is 0 Å². The van der Waals surface area contributed by atoms with Crippen molar-refractivity contribution >= 4 is 61.1 Å². The van der Waals surface area contributed by atoms with E-state index in [2.05, 4.69) is 4.98 Å². The molecule has 1 aliphatic rings. The summed E-state index contributed by atoms with van der Waals surface area (Å²) in [6, 6.07) is 13.4. The molecule has 10 heteroatoms. The summed E-state index contributed by atoms with van der Waals surface area (Å²) in [5, 5.41) is 0.851. The third-order valence-electron chi connectivity index (χ3n) is 5.55. The topological polar surface area (TPSA) is 68.8 Å². The van der Waals surface area contributed by atoms with E-state index in [1.807, 2.05) is 54.4 Å². The molecule has 3 aromatic heterocycles. The second-order valence-corrected chi connectivity index (χ2v) is 10.4. The predicted molar refractivity (Wildman–Crippen MR) is 130 cm³/mol. The molecule has 0 aliphatic carbocycles. The molecule has 5 aromatic rings. The molecule has 160 valence electrons. The molecular formula is C22H16N4O3S3. The van der Waals surface area contributed by atoms with Gasteiger partial charge in [-0.05, 0) is 24.3 Å². The summed E-state index contributed by atoms with van der Waals surface area (Å²) in [5.74, 6) is 0.766. The Morgan fingerprint density at radius 1 is 0.969 bits per heavy atom. The van der Waals surface area contributed by atoms with Gasteiger partial charge in [-0.3, -0.25) is 9.59 Å². The molecule has 32 heavy (non-hydrogen) atoms. The fourth-order valence-corrected chi connectivity index (χ4v) is 7.48. The molecule has 0 atom stereocenters. The van der Waals surface area contributed by atoms with E-state index < -0.39 is 0 Å². The maximum absolute atomic E-state index is 13.3. The Hall–Kier alpha value is -3.08. The number of thioether (sulfide) groups is 1. The van der Waals surface area contributed by atoms with E-state index in [4.69, 9.17) is 4.74 Å². The zero-order valence-electron chi connectivity index (χ0n) is 17.3. The SMILES string of the molecule is COc1ccc2c(c1)N(C)/C(=c1\s/c(=c3/sc4nc5ccccc5n4c3=O)n(C)c1=O)S2. The summed E-state index contributed by atoms with van der Waals surface area (Å²) in [6.07, 6.45) is 0. The van der Waals surface area contributed by atoms with Gasteiger partial charge in [0.2, 0.25) is 0 Å². The van der Waals surface area contributed by atoms with Crippen LogP contribution in [-0.4, -0.2) is 28.1 Å². The van der Waals surface area contributed by atoms with Crippen LogP contribution in [0.15, 0.2) is 56.9 Å². The number of anilines is 1. The second kappa shape index (κ2) is 6.96. The molecule has 2 aromatic carbocycles. The van der Waals surface area contributed by atoms with E-state index in [-0.39, 0.29) is 11.1 Å². The number of hydrogen-bond acceptors (Lipinski definition) is 8. The van der Waals surface area contributed by atoms with Gasteiger partial charge in [0.1, 0.15) is 24.5 Å². The lowest BCUT2D eigenvalue weighted by Gasteiger charge is -2.13. The van der Waals surface area contributed by atoms with Crippen LogP contribution in [0.5, 0.6) is 5.75 Å². The number of fused-ring (bicyclic) bond motifs is 4. The number of para-hydroxylation sites is 2. The molecule has 0 radical (unpaired) electrons. The summed E-state index contributed by atoms with van der Waals surface area (Å²) < 4.78 is 10.3. The molecule has 7 nitrogen and oxygen atoms in total. The number of thiazole rings is 2. The first-order chi connectivity index (χ1) is 15.5. The van der Waals surface area contributed by atoms with Crippen LogP contribution in [0.25, 0.3) is 21.0 Å². The molecule has 0 fully saturated rings. The number of ether oxygens (including phenoxy) is 1. The Bertz CT molecular complexity index is 1830. The lowest BCUT2D eigenvalue weighted by molar-refractivity contribution is 0.414. The Kier molecular flexibility index (Phi) is 4.26. The molecule has 0 N–H and O–H groups in total. The molecular weight excluding hydrogens is 464 g/mol. The smallest absolute Gasteiger partial charge is 0.277 e. The third-order valence-corrected chi connectivity index (χ3v) is 9.32. The summed E-state index contributed by atoms with van der Waals surface area (Å²) in [6.45, 7) is 0. The summed E-state index contributed by atoms with van der Waals surface area (Å²) >= 11 is 4.22. The molecule has 0 saturated carbocycles. The van der Waals surface area contributed by atoms with Crippen molar-refractivity contribution in [1.29, 1.82) is 0 Å². The van der Waals surface area contributed by atoms with Crippen LogP contribution in [0.3, 0.4) is 0 Å². The highest BCUT2D eigenvalue weighted by Gasteiger charge is 2.25. The first kappa shape index (κ1) is 19.6. The van der Waals surface area contributed by atoms with Crippen molar-refractivity contribution in [3.8, 4) is 5.75 Å². The lowest BCUT2D eigenvalue weighted by Crippen LogP contribution is -2.30. The lowest BCUT2D eigenvalue weighted by atomic mass is 10.3. The van der Waals surface area contributed by atoms with Crippen LogP contribution in [-0.2, 0) is 7.05 Å². The zero-order valence-corrected chi connectivity index (χ0v) is 19.7. The van der Waals surface area contributed by atoms with Crippen molar-refractivity contribution in [2.75, 3.05) is 19.1 Å². The maximum Gasteiger partial charge on any atom is 0.277 e. The van der Waals surface area contributed by atoms with E-state index in [0.717, 1.165) is 32.4 Å². The van der Waals surface area contributed by atoms with Crippen LogP contribution >= 0.6 is 34.4 Å². The maximum atomic E-state index is 13.3. The quantitative estimate of drug-likeness (QED) is 0.368.